The molecule has 2 atom stereocenters. The van der Waals surface area contributed by atoms with Gasteiger partial charge in [0.25, 0.3) is 0 Å². The first kappa shape index (κ1) is 15.7. The smallest absolute Gasteiger partial charge is 0.0447 e. The molecular weight excluding hydrogens is 256 g/mol. The molecule has 0 aliphatic heterocycles. The Morgan fingerprint density at radius 2 is 1.81 bits per heavy atom. The fourth-order valence-corrected chi connectivity index (χ4v) is 2.81. The minimum absolute atomic E-state index is 0.446. The second-order valence-electron chi connectivity index (χ2n) is 5.59. The van der Waals surface area contributed by atoms with Crippen LogP contribution in [0.5, 0.6) is 0 Å². The van der Waals surface area contributed by atoms with E-state index in [4.69, 9.17) is 0 Å². The normalized spacial score (nSPS) is 13.8. The van der Waals surface area contributed by atoms with Gasteiger partial charge >= 0.3 is 0 Å². The lowest BCUT2D eigenvalue weighted by atomic mass is 9.92. The highest BCUT2D eigenvalue weighted by atomic mass is 14.9. The second-order valence-corrected chi connectivity index (χ2v) is 5.59. The number of nitrogens with zero attached hydrogens (tertiary/aromatic N) is 1. The van der Waals surface area contributed by atoms with E-state index in [1.54, 1.807) is 0 Å². The van der Waals surface area contributed by atoms with Crippen molar-refractivity contribution >= 4 is 0 Å². The fraction of sp³-hybridized carbons (Fsp3) is 0.421. The first-order valence-electron chi connectivity index (χ1n) is 7.99. The summed E-state index contributed by atoms with van der Waals surface area (Å²) in [5.74, 6) is 0.446. The second kappa shape index (κ2) is 8.58. The molecule has 2 rings (SSSR count). The van der Waals surface area contributed by atoms with Crippen LogP contribution in [0.3, 0.4) is 0 Å². The van der Waals surface area contributed by atoms with Crippen LogP contribution in [0.15, 0.2) is 54.7 Å². The van der Waals surface area contributed by atoms with Crippen LogP contribution in [-0.2, 0) is 6.42 Å². The maximum Gasteiger partial charge on any atom is 0.0447 e. The molecule has 0 fully saturated rings. The predicted octanol–water partition coefficient (Wildman–Crippen LogP) is 4.19. The summed E-state index contributed by atoms with van der Waals surface area (Å²) in [4.78, 5) is 4.51. The van der Waals surface area contributed by atoms with Crippen LogP contribution >= 0.6 is 0 Å². The summed E-state index contributed by atoms with van der Waals surface area (Å²) in [6.07, 6.45) is 5.43. The van der Waals surface area contributed by atoms with E-state index in [2.05, 4.69) is 66.6 Å². The van der Waals surface area contributed by atoms with Gasteiger partial charge in [0.05, 0.1) is 0 Å². The Bertz CT molecular complexity index is 495. The van der Waals surface area contributed by atoms with E-state index in [1.165, 1.54) is 24.1 Å². The summed E-state index contributed by atoms with van der Waals surface area (Å²) >= 11 is 0. The lowest BCUT2D eigenvalue weighted by Gasteiger charge is -2.24. The highest BCUT2D eigenvalue weighted by Crippen LogP contribution is 2.21. The van der Waals surface area contributed by atoms with E-state index in [1.807, 2.05) is 12.3 Å². The Labute approximate surface area is 128 Å². The van der Waals surface area contributed by atoms with Gasteiger partial charge in [0.2, 0.25) is 0 Å². The van der Waals surface area contributed by atoms with Gasteiger partial charge in [-0.2, -0.15) is 0 Å². The zero-order chi connectivity index (χ0) is 14.9. The van der Waals surface area contributed by atoms with E-state index >= 15 is 0 Å². The number of likely N-dealkylation sites (N-methyl/N-ethyl adjacent to an activating group) is 1. The Kier molecular flexibility index (Phi) is 6.42. The van der Waals surface area contributed by atoms with Gasteiger partial charge in [0, 0.05) is 23.9 Å². The van der Waals surface area contributed by atoms with Gasteiger partial charge < -0.3 is 5.32 Å². The monoisotopic (exact) mass is 282 g/mol. The largest absolute Gasteiger partial charge is 0.314 e. The first-order valence-corrected chi connectivity index (χ1v) is 7.99. The zero-order valence-electron chi connectivity index (χ0n) is 13.1. The van der Waals surface area contributed by atoms with Crippen molar-refractivity contribution in [2.75, 3.05) is 6.54 Å². The van der Waals surface area contributed by atoms with Gasteiger partial charge in [-0.1, -0.05) is 50.2 Å². The molecule has 0 saturated heterocycles. The maximum atomic E-state index is 4.51. The molecule has 1 heterocycles. The third-order valence-electron chi connectivity index (χ3n) is 4.05. The predicted molar refractivity (Wildman–Crippen MR) is 89.5 cm³/mol. The molecule has 0 aliphatic carbocycles. The quantitative estimate of drug-likeness (QED) is 0.785. The molecule has 0 bridgehead atoms. The molecule has 0 aliphatic rings. The van der Waals surface area contributed by atoms with E-state index in [0.29, 0.717) is 12.0 Å². The Balaban J connectivity index is 1.89. The lowest BCUT2D eigenvalue weighted by molar-refractivity contribution is 0.418. The Morgan fingerprint density at radius 1 is 1.05 bits per heavy atom. The molecule has 0 saturated carbocycles. The van der Waals surface area contributed by atoms with Crippen LogP contribution in [0.1, 0.15) is 43.9 Å². The van der Waals surface area contributed by atoms with Crippen LogP contribution < -0.4 is 5.32 Å². The van der Waals surface area contributed by atoms with E-state index in [-0.39, 0.29) is 0 Å². The number of hydrogen-bond donors (Lipinski definition) is 1. The molecule has 1 aromatic carbocycles. The minimum Gasteiger partial charge on any atom is -0.314 e. The van der Waals surface area contributed by atoms with Crippen LogP contribution in [-0.4, -0.2) is 17.6 Å². The molecule has 0 radical (unpaired) electrons. The van der Waals surface area contributed by atoms with Crippen molar-refractivity contribution in [2.24, 2.45) is 0 Å². The van der Waals surface area contributed by atoms with E-state index in [9.17, 15) is 0 Å². The molecular formula is C19H26N2. The Hall–Kier alpha value is -1.67. The number of benzene rings is 1. The number of aromatic nitrogens is 1. The van der Waals surface area contributed by atoms with Crippen LogP contribution in [0.4, 0.5) is 0 Å². The van der Waals surface area contributed by atoms with Crippen LogP contribution in [0.25, 0.3) is 0 Å². The molecule has 1 aromatic heterocycles. The van der Waals surface area contributed by atoms with Crippen molar-refractivity contribution in [1.82, 2.24) is 10.3 Å². The average Bonchev–Trinajstić information content (AvgIpc) is 2.55. The van der Waals surface area contributed by atoms with Crippen molar-refractivity contribution in [1.29, 1.82) is 0 Å². The van der Waals surface area contributed by atoms with Crippen molar-refractivity contribution < 1.29 is 0 Å². The minimum atomic E-state index is 0.446. The molecule has 2 nitrogen and oxygen atoms in total. The number of rotatable bonds is 8. The number of hydrogen-bond acceptors (Lipinski definition) is 2. The topological polar surface area (TPSA) is 24.9 Å². The summed E-state index contributed by atoms with van der Waals surface area (Å²) in [5, 5.41) is 3.63. The van der Waals surface area contributed by atoms with Crippen molar-refractivity contribution in [3.8, 4) is 0 Å². The van der Waals surface area contributed by atoms with E-state index in [0.717, 1.165) is 13.0 Å². The fourth-order valence-electron chi connectivity index (χ4n) is 2.81. The van der Waals surface area contributed by atoms with Crippen LogP contribution in [0.2, 0.25) is 0 Å². The summed E-state index contributed by atoms with van der Waals surface area (Å²) in [5.41, 5.74) is 2.61. The number of pyridine rings is 1. The van der Waals surface area contributed by atoms with Gasteiger partial charge in [0.1, 0.15) is 0 Å². The SMILES string of the molecule is CCNC(CCCc1ccccc1)C(C)c1ccccn1. The molecule has 0 spiro atoms. The molecule has 2 aromatic rings. The summed E-state index contributed by atoms with van der Waals surface area (Å²) in [7, 11) is 0. The van der Waals surface area contributed by atoms with Gasteiger partial charge in [-0.15, -0.1) is 0 Å². The van der Waals surface area contributed by atoms with Gasteiger partial charge in [-0.25, -0.2) is 0 Å². The van der Waals surface area contributed by atoms with Crippen molar-refractivity contribution in [3.63, 3.8) is 0 Å². The standard InChI is InChI=1S/C19H26N2/c1-3-20-18(16(2)19-13-7-8-15-21-19)14-9-12-17-10-5-4-6-11-17/h4-8,10-11,13,15-16,18,20H,3,9,12,14H2,1-2H3. The molecule has 1 N–H and O–H groups in total. The van der Waals surface area contributed by atoms with Crippen molar-refractivity contribution in [2.45, 2.75) is 45.1 Å². The van der Waals surface area contributed by atoms with E-state index < -0.39 is 0 Å². The first-order chi connectivity index (χ1) is 10.3. The van der Waals surface area contributed by atoms with Gasteiger partial charge in [0.15, 0.2) is 0 Å². The van der Waals surface area contributed by atoms with Gasteiger partial charge in [-0.3, -0.25) is 4.98 Å². The molecule has 2 heteroatoms. The highest BCUT2D eigenvalue weighted by Gasteiger charge is 2.18. The molecule has 21 heavy (non-hydrogen) atoms. The summed E-state index contributed by atoms with van der Waals surface area (Å²) < 4.78 is 0. The Morgan fingerprint density at radius 3 is 2.48 bits per heavy atom. The molecule has 2 unspecified atom stereocenters. The van der Waals surface area contributed by atoms with Gasteiger partial charge in [-0.05, 0) is 43.5 Å². The molecule has 0 amide bonds. The zero-order valence-corrected chi connectivity index (χ0v) is 13.1. The summed E-state index contributed by atoms with van der Waals surface area (Å²) in [6.45, 7) is 5.46. The average molecular weight is 282 g/mol. The maximum absolute atomic E-state index is 4.51. The third kappa shape index (κ3) is 4.98. The van der Waals surface area contributed by atoms with Crippen LogP contribution in [0, 0.1) is 0 Å². The highest BCUT2D eigenvalue weighted by molar-refractivity contribution is 5.15. The number of nitrogens with one attached hydrogen (secondary N) is 1. The van der Waals surface area contributed by atoms with Crippen molar-refractivity contribution in [3.05, 3.63) is 66.0 Å². The summed E-state index contributed by atoms with van der Waals surface area (Å²) in [6, 6.07) is 17.4. The third-order valence-corrected chi connectivity index (χ3v) is 4.05. The number of aryl methyl sites for hydroxylation is 1. The molecule has 112 valence electrons. The lowest BCUT2D eigenvalue weighted by Crippen LogP contribution is -2.34.